The minimum Gasteiger partial charge on any atom is -0.509 e. The van der Waals surface area contributed by atoms with Crippen molar-refractivity contribution in [2.75, 3.05) is 6.61 Å². The Kier molecular flexibility index (Phi) is 6.00. The number of ether oxygens (including phenoxy) is 1. The van der Waals surface area contributed by atoms with Gasteiger partial charge in [-0.3, -0.25) is 9.59 Å². The summed E-state index contributed by atoms with van der Waals surface area (Å²) in [4.78, 5) is 24.5. The van der Waals surface area contributed by atoms with E-state index in [1.165, 1.54) is 0 Å². The van der Waals surface area contributed by atoms with Crippen LogP contribution in [-0.4, -0.2) is 28.0 Å². The number of nitrogens with two attached hydrogens (primary N) is 1. The molecule has 0 saturated carbocycles. The number of ketones is 1. The zero-order chi connectivity index (χ0) is 23.5. The van der Waals surface area contributed by atoms with Crippen molar-refractivity contribution in [3.63, 3.8) is 0 Å². The lowest BCUT2D eigenvalue weighted by Gasteiger charge is -2.11. The SMILES string of the molecule is C=C(O)COc1cccc2c1c(C(=O)C(N)=O)c(C)n2Cc1ccc(-c2ccccc2)cc1. The highest BCUT2D eigenvalue weighted by Gasteiger charge is 2.26. The van der Waals surface area contributed by atoms with Gasteiger partial charge in [-0.2, -0.15) is 0 Å². The lowest BCUT2D eigenvalue weighted by atomic mass is 10.0. The van der Waals surface area contributed by atoms with E-state index in [1.807, 2.05) is 41.0 Å². The number of nitrogens with zero attached hydrogens (tertiary/aromatic N) is 1. The lowest BCUT2D eigenvalue weighted by molar-refractivity contribution is -0.114. The number of rotatable bonds is 8. The molecule has 0 bridgehead atoms. The summed E-state index contributed by atoms with van der Waals surface area (Å²) >= 11 is 0. The molecular weight excluding hydrogens is 416 g/mol. The average molecular weight is 440 g/mol. The van der Waals surface area contributed by atoms with E-state index in [0.717, 1.165) is 22.2 Å². The van der Waals surface area contributed by atoms with Gasteiger partial charge in [0.2, 0.25) is 0 Å². The first-order valence-electron chi connectivity index (χ1n) is 10.5. The molecule has 1 aromatic heterocycles. The van der Waals surface area contributed by atoms with E-state index in [4.69, 9.17) is 10.5 Å². The number of hydrogen-bond acceptors (Lipinski definition) is 4. The Morgan fingerprint density at radius 2 is 1.64 bits per heavy atom. The quantitative estimate of drug-likeness (QED) is 0.234. The minimum absolute atomic E-state index is 0.130. The van der Waals surface area contributed by atoms with Crippen LogP contribution in [0.5, 0.6) is 5.75 Å². The number of carbonyl (C=O) groups is 2. The van der Waals surface area contributed by atoms with Crippen molar-refractivity contribution in [1.82, 2.24) is 4.57 Å². The van der Waals surface area contributed by atoms with E-state index in [-0.39, 0.29) is 17.9 Å². The Hall–Kier alpha value is -4.32. The lowest BCUT2D eigenvalue weighted by Crippen LogP contribution is -2.24. The van der Waals surface area contributed by atoms with Gasteiger partial charge >= 0.3 is 0 Å². The first kappa shape index (κ1) is 21.9. The zero-order valence-corrected chi connectivity index (χ0v) is 18.2. The smallest absolute Gasteiger partial charge is 0.289 e. The molecule has 1 amide bonds. The monoisotopic (exact) mass is 440 g/mol. The molecule has 0 spiro atoms. The number of Topliss-reactive ketones (excluding diaryl/α,β-unsaturated/α-hetero) is 1. The largest absolute Gasteiger partial charge is 0.509 e. The van der Waals surface area contributed by atoms with E-state index in [1.54, 1.807) is 19.1 Å². The summed E-state index contributed by atoms with van der Waals surface area (Å²) in [7, 11) is 0. The summed E-state index contributed by atoms with van der Waals surface area (Å²) in [5.74, 6) is -1.60. The van der Waals surface area contributed by atoms with Crippen LogP contribution in [0.4, 0.5) is 0 Å². The number of aliphatic hydroxyl groups excluding tert-OH is 1. The maximum absolute atomic E-state index is 12.7. The Morgan fingerprint density at radius 3 is 2.27 bits per heavy atom. The molecule has 1 heterocycles. The summed E-state index contributed by atoms with van der Waals surface area (Å²) in [5.41, 5.74) is 10.2. The highest BCUT2D eigenvalue weighted by Crippen LogP contribution is 2.35. The van der Waals surface area contributed by atoms with Crippen LogP contribution in [0, 0.1) is 6.92 Å². The van der Waals surface area contributed by atoms with Crippen LogP contribution in [0.1, 0.15) is 21.6 Å². The van der Waals surface area contributed by atoms with Gasteiger partial charge in [0, 0.05) is 12.2 Å². The molecule has 3 aromatic carbocycles. The summed E-state index contributed by atoms with van der Waals surface area (Å²) in [6.07, 6.45) is 0. The van der Waals surface area contributed by atoms with E-state index in [9.17, 15) is 14.7 Å². The van der Waals surface area contributed by atoms with Crippen LogP contribution in [0.2, 0.25) is 0 Å². The number of aromatic nitrogens is 1. The van der Waals surface area contributed by atoms with Crippen LogP contribution in [0.25, 0.3) is 22.0 Å². The van der Waals surface area contributed by atoms with Crippen molar-refractivity contribution in [2.24, 2.45) is 5.73 Å². The van der Waals surface area contributed by atoms with Crippen LogP contribution in [0.15, 0.2) is 85.1 Å². The number of hydrogen-bond donors (Lipinski definition) is 2. The second-order valence-electron chi connectivity index (χ2n) is 7.81. The molecule has 4 rings (SSSR count). The molecule has 0 aliphatic heterocycles. The standard InChI is InChI=1S/C27H24N2O4/c1-17(30)16-33-23-10-6-9-22-25(23)24(26(31)27(28)32)18(2)29(22)15-19-11-13-21(14-12-19)20-7-4-3-5-8-20/h3-14,30H,1,15-16H2,2H3,(H2,28,32). The molecule has 0 radical (unpaired) electrons. The molecule has 4 aromatic rings. The van der Waals surface area contributed by atoms with Crippen molar-refractivity contribution in [3.05, 3.63) is 102 Å². The van der Waals surface area contributed by atoms with Gasteiger partial charge in [-0.15, -0.1) is 0 Å². The Labute approximate surface area is 191 Å². The molecule has 0 atom stereocenters. The second-order valence-corrected chi connectivity index (χ2v) is 7.81. The Bertz CT molecular complexity index is 1350. The number of aliphatic hydroxyl groups is 1. The number of fused-ring (bicyclic) bond motifs is 1. The van der Waals surface area contributed by atoms with E-state index in [2.05, 4.69) is 30.8 Å². The summed E-state index contributed by atoms with van der Waals surface area (Å²) in [6.45, 7) is 5.56. The minimum atomic E-state index is -1.04. The second kappa shape index (κ2) is 9.04. The number of carbonyl (C=O) groups excluding carboxylic acids is 2. The van der Waals surface area contributed by atoms with E-state index < -0.39 is 11.7 Å². The molecule has 33 heavy (non-hydrogen) atoms. The molecule has 3 N–H and O–H groups in total. The van der Waals surface area contributed by atoms with Gasteiger partial charge in [0.1, 0.15) is 18.1 Å². The zero-order valence-electron chi connectivity index (χ0n) is 18.2. The van der Waals surface area contributed by atoms with Gasteiger partial charge in [0.05, 0.1) is 16.5 Å². The third kappa shape index (κ3) is 4.36. The normalized spacial score (nSPS) is 10.8. The fourth-order valence-corrected chi connectivity index (χ4v) is 3.99. The Balaban J connectivity index is 1.78. The van der Waals surface area contributed by atoms with Crippen LogP contribution >= 0.6 is 0 Å². The highest BCUT2D eigenvalue weighted by molar-refractivity contribution is 6.45. The highest BCUT2D eigenvalue weighted by atomic mass is 16.5. The molecule has 166 valence electrons. The molecule has 0 aliphatic rings. The van der Waals surface area contributed by atoms with Crippen molar-refractivity contribution >= 4 is 22.6 Å². The summed E-state index contributed by atoms with van der Waals surface area (Å²) in [6, 6.07) is 23.6. The van der Waals surface area contributed by atoms with Gasteiger partial charge in [0.15, 0.2) is 0 Å². The topological polar surface area (TPSA) is 94.6 Å². The first-order chi connectivity index (χ1) is 15.9. The molecule has 0 aliphatic carbocycles. The molecule has 0 unspecified atom stereocenters. The predicted molar refractivity (Wildman–Crippen MR) is 128 cm³/mol. The molecule has 0 saturated heterocycles. The van der Waals surface area contributed by atoms with Gasteiger partial charge in [0.25, 0.3) is 11.7 Å². The first-order valence-corrected chi connectivity index (χ1v) is 10.5. The van der Waals surface area contributed by atoms with E-state index in [0.29, 0.717) is 23.4 Å². The fraction of sp³-hybridized carbons (Fsp3) is 0.111. The van der Waals surface area contributed by atoms with Gasteiger partial charge < -0.3 is 20.1 Å². The maximum atomic E-state index is 12.7. The van der Waals surface area contributed by atoms with E-state index >= 15 is 0 Å². The maximum Gasteiger partial charge on any atom is 0.289 e. The van der Waals surface area contributed by atoms with Gasteiger partial charge in [-0.1, -0.05) is 67.2 Å². The van der Waals surface area contributed by atoms with Gasteiger partial charge in [-0.05, 0) is 35.7 Å². The van der Waals surface area contributed by atoms with Crippen LogP contribution in [0.3, 0.4) is 0 Å². The van der Waals surface area contributed by atoms with Crippen molar-refractivity contribution in [3.8, 4) is 16.9 Å². The molecular formula is C27H24N2O4. The van der Waals surface area contributed by atoms with Crippen LogP contribution < -0.4 is 10.5 Å². The third-order valence-electron chi connectivity index (χ3n) is 5.56. The summed E-state index contributed by atoms with van der Waals surface area (Å²) in [5, 5.41) is 9.93. The van der Waals surface area contributed by atoms with Gasteiger partial charge in [-0.25, -0.2) is 0 Å². The molecule has 6 nitrogen and oxygen atoms in total. The molecule has 0 fully saturated rings. The number of amides is 1. The Morgan fingerprint density at radius 1 is 0.970 bits per heavy atom. The van der Waals surface area contributed by atoms with Crippen LogP contribution in [-0.2, 0) is 11.3 Å². The fourth-order valence-electron chi connectivity index (χ4n) is 3.99. The average Bonchev–Trinajstić information content (AvgIpc) is 3.10. The molecule has 6 heteroatoms. The summed E-state index contributed by atoms with van der Waals surface area (Å²) < 4.78 is 7.63. The number of benzene rings is 3. The predicted octanol–water partition coefficient (Wildman–Crippen LogP) is 4.78. The van der Waals surface area contributed by atoms with Crippen molar-refractivity contribution < 1.29 is 19.4 Å². The van der Waals surface area contributed by atoms with Crippen molar-refractivity contribution in [2.45, 2.75) is 13.5 Å². The van der Waals surface area contributed by atoms with Crippen molar-refractivity contribution in [1.29, 1.82) is 0 Å². The number of primary amides is 1. The third-order valence-corrected chi connectivity index (χ3v) is 5.56.